The van der Waals surface area contributed by atoms with E-state index in [4.69, 9.17) is 18.9 Å². The molecule has 8 heteroatoms. The van der Waals surface area contributed by atoms with E-state index in [0.29, 0.717) is 11.1 Å². The molecule has 0 saturated carbocycles. The summed E-state index contributed by atoms with van der Waals surface area (Å²) in [6, 6.07) is 30.8. The van der Waals surface area contributed by atoms with Gasteiger partial charge in [0.2, 0.25) is 0 Å². The van der Waals surface area contributed by atoms with E-state index in [1.165, 1.54) is 24.3 Å². The van der Waals surface area contributed by atoms with Gasteiger partial charge in [-0.15, -0.1) is 0 Å². The number of aliphatic hydroxyl groups excluding tert-OH is 2. The summed E-state index contributed by atoms with van der Waals surface area (Å²) >= 11 is 0. The molecule has 0 fully saturated rings. The minimum atomic E-state index is -1.42. The van der Waals surface area contributed by atoms with E-state index in [1.54, 1.807) is 24.3 Å². The molecule has 4 atom stereocenters. The largest absolute Gasteiger partial charge is 0.388 e. The highest BCUT2D eigenvalue weighted by Crippen LogP contribution is 2.18. The molecule has 4 rings (SSSR count). The van der Waals surface area contributed by atoms with Crippen molar-refractivity contribution in [2.24, 2.45) is 0 Å². The third kappa shape index (κ3) is 10.4. The van der Waals surface area contributed by atoms with Gasteiger partial charge in [0.25, 0.3) is 0 Å². The van der Waals surface area contributed by atoms with Crippen LogP contribution in [0.5, 0.6) is 0 Å². The van der Waals surface area contributed by atoms with Gasteiger partial charge in [-0.25, -0.2) is 8.78 Å². The SMILES string of the molecule is O[C@@H]([C@H](O)[C@@H](COCc1ccccc1)OCc1ccc(F)cc1)[C@@H](COCc1ccccc1)OCc1ccc(F)cc1. The van der Waals surface area contributed by atoms with Gasteiger partial charge >= 0.3 is 0 Å². The summed E-state index contributed by atoms with van der Waals surface area (Å²) in [4.78, 5) is 0. The number of rotatable bonds is 17. The van der Waals surface area contributed by atoms with Crippen LogP contribution in [0.1, 0.15) is 22.3 Å². The van der Waals surface area contributed by atoms with E-state index >= 15 is 0 Å². The first kappa shape index (κ1) is 31.4. The van der Waals surface area contributed by atoms with Gasteiger partial charge in [0, 0.05) is 0 Å². The molecule has 0 saturated heterocycles. The molecule has 4 aromatic rings. The second kappa shape index (κ2) is 16.8. The molecule has 0 aliphatic rings. The quantitative estimate of drug-likeness (QED) is 0.170. The first-order valence-corrected chi connectivity index (χ1v) is 13.8. The second-order valence-corrected chi connectivity index (χ2v) is 9.93. The molecule has 0 radical (unpaired) electrons. The maximum absolute atomic E-state index is 13.4. The van der Waals surface area contributed by atoms with Crippen LogP contribution < -0.4 is 0 Å². The summed E-state index contributed by atoms with van der Waals surface area (Å²) in [5.74, 6) is -0.734. The topological polar surface area (TPSA) is 77.4 Å². The van der Waals surface area contributed by atoms with Crippen molar-refractivity contribution in [2.45, 2.75) is 50.8 Å². The van der Waals surface area contributed by atoms with Crippen LogP contribution in [0.15, 0.2) is 109 Å². The number of ether oxygens (including phenoxy) is 4. The lowest BCUT2D eigenvalue weighted by atomic mass is 10.0. The highest BCUT2D eigenvalue weighted by atomic mass is 19.1. The molecule has 0 bridgehead atoms. The highest BCUT2D eigenvalue weighted by Gasteiger charge is 2.34. The van der Waals surface area contributed by atoms with Gasteiger partial charge in [-0.1, -0.05) is 84.9 Å². The summed E-state index contributed by atoms with van der Waals surface area (Å²) in [6.45, 7) is 0.646. The average molecular weight is 579 g/mol. The highest BCUT2D eigenvalue weighted by molar-refractivity contribution is 5.17. The lowest BCUT2D eigenvalue weighted by Crippen LogP contribution is -2.49. The number of aliphatic hydroxyl groups is 2. The Morgan fingerprint density at radius 2 is 0.786 bits per heavy atom. The Morgan fingerprint density at radius 3 is 1.14 bits per heavy atom. The monoisotopic (exact) mass is 578 g/mol. The molecule has 222 valence electrons. The van der Waals surface area contributed by atoms with Crippen LogP contribution in [-0.2, 0) is 45.4 Å². The molecule has 0 spiro atoms. The van der Waals surface area contributed by atoms with Gasteiger partial charge < -0.3 is 29.2 Å². The van der Waals surface area contributed by atoms with Crippen molar-refractivity contribution in [3.63, 3.8) is 0 Å². The predicted octanol–water partition coefficient (Wildman–Crippen LogP) is 5.59. The van der Waals surface area contributed by atoms with E-state index in [0.717, 1.165) is 11.1 Å². The van der Waals surface area contributed by atoms with Gasteiger partial charge in [-0.2, -0.15) is 0 Å². The zero-order valence-electron chi connectivity index (χ0n) is 23.2. The molecule has 42 heavy (non-hydrogen) atoms. The number of hydrogen-bond acceptors (Lipinski definition) is 6. The molecule has 0 aromatic heterocycles. The normalized spacial score (nSPS) is 14.3. The summed E-state index contributed by atoms with van der Waals surface area (Å²) in [5.41, 5.74) is 3.28. The van der Waals surface area contributed by atoms with E-state index in [1.807, 2.05) is 60.7 Å². The zero-order chi connectivity index (χ0) is 29.6. The van der Waals surface area contributed by atoms with Crippen molar-refractivity contribution in [3.05, 3.63) is 143 Å². The van der Waals surface area contributed by atoms with Gasteiger partial charge in [-0.05, 0) is 46.5 Å². The molecule has 6 nitrogen and oxygen atoms in total. The first-order valence-electron chi connectivity index (χ1n) is 13.8. The Hall–Kier alpha value is -3.50. The molecular formula is C34H36F2O6. The molecule has 0 aliphatic carbocycles. The lowest BCUT2D eigenvalue weighted by Gasteiger charge is -2.32. The third-order valence-corrected chi connectivity index (χ3v) is 6.65. The van der Waals surface area contributed by atoms with E-state index in [-0.39, 0.29) is 51.3 Å². The van der Waals surface area contributed by atoms with Crippen molar-refractivity contribution >= 4 is 0 Å². The summed E-state index contributed by atoms with van der Waals surface area (Å²) in [5, 5.41) is 22.6. The van der Waals surface area contributed by atoms with Gasteiger partial charge in [-0.3, -0.25) is 0 Å². The maximum Gasteiger partial charge on any atom is 0.123 e. The molecule has 4 aromatic carbocycles. The Morgan fingerprint density at radius 1 is 0.452 bits per heavy atom. The van der Waals surface area contributed by atoms with Crippen molar-refractivity contribution in [2.75, 3.05) is 13.2 Å². The summed E-state index contributed by atoms with van der Waals surface area (Å²) in [7, 11) is 0. The van der Waals surface area contributed by atoms with E-state index in [9.17, 15) is 19.0 Å². The Labute approximate surface area is 245 Å². The van der Waals surface area contributed by atoms with Crippen molar-refractivity contribution in [3.8, 4) is 0 Å². The standard InChI is InChI=1S/C34H36F2O6/c35-29-15-11-27(12-16-29)21-41-31(23-39-19-25-7-3-1-4-8-25)33(37)34(38)32(24-40-20-26-9-5-2-6-10-26)42-22-28-13-17-30(36)18-14-28/h1-18,31-34,37-38H,19-24H2/t31-,32-,33-,34-/m1/s1. The second-order valence-electron chi connectivity index (χ2n) is 9.93. The predicted molar refractivity (Wildman–Crippen MR) is 154 cm³/mol. The average Bonchev–Trinajstić information content (AvgIpc) is 3.02. The fourth-order valence-corrected chi connectivity index (χ4v) is 4.23. The van der Waals surface area contributed by atoms with Crippen LogP contribution in [-0.4, -0.2) is 47.8 Å². The summed E-state index contributed by atoms with van der Waals surface area (Å²) in [6.07, 6.45) is -4.72. The third-order valence-electron chi connectivity index (χ3n) is 6.65. The zero-order valence-corrected chi connectivity index (χ0v) is 23.2. The van der Waals surface area contributed by atoms with E-state index < -0.39 is 24.4 Å². The summed E-state index contributed by atoms with van der Waals surface area (Å²) < 4.78 is 50.5. The van der Waals surface area contributed by atoms with Gasteiger partial charge in [0.15, 0.2) is 0 Å². The Bertz CT molecular complexity index is 1190. The van der Waals surface area contributed by atoms with Crippen LogP contribution in [0.25, 0.3) is 0 Å². The Kier molecular flexibility index (Phi) is 12.6. The van der Waals surface area contributed by atoms with Gasteiger partial charge in [0.1, 0.15) is 36.1 Å². The molecule has 0 amide bonds. The Balaban J connectivity index is 1.44. The maximum atomic E-state index is 13.4. The first-order chi connectivity index (χ1) is 20.5. The lowest BCUT2D eigenvalue weighted by molar-refractivity contribution is -0.170. The molecule has 0 aliphatic heterocycles. The van der Waals surface area contributed by atoms with Crippen molar-refractivity contribution < 1.29 is 37.9 Å². The number of halogens is 2. The number of hydrogen-bond donors (Lipinski definition) is 2. The fraction of sp³-hybridized carbons (Fsp3) is 0.294. The number of benzene rings is 4. The molecule has 2 N–H and O–H groups in total. The van der Waals surface area contributed by atoms with Crippen molar-refractivity contribution in [1.82, 2.24) is 0 Å². The minimum absolute atomic E-state index is 0.0239. The molecular weight excluding hydrogens is 542 g/mol. The van der Waals surface area contributed by atoms with Crippen LogP contribution in [0.2, 0.25) is 0 Å². The van der Waals surface area contributed by atoms with Gasteiger partial charge in [0.05, 0.1) is 39.6 Å². The van der Waals surface area contributed by atoms with Crippen LogP contribution in [0.3, 0.4) is 0 Å². The molecule has 0 heterocycles. The smallest absolute Gasteiger partial charge is 0.123 e. The van der Waals surface area contributed by atoms with Crippen LogP contribution in [0, 0.1) is 11.6 Å². The fourth-order valence-electron chi connectivity index (χ4n) is 4.23. The molecule has 0 unspecified atom stereocenters. The van der Waals surface area contributed by atoms with Crippen molar-refractivity contribution in [1.29, 1.82) is 0 Å². The minimum Gasteiger partial charge on any atom is -0.388 e. The van der Waals surface area contributed by atoms with Crippen LogP contribution >= 0.6 is 0 Å². The van der Waals surface area contributed by atoms with Crippen LogP contribution in [0.4, 0.5) is 8.78 Å². The van der Waals surface area contributed by atoms with E-state index in [2.05, 4.69) is 0 Å².